The van der Waals surface area contributed by atoms with Crippen LogP contribution in [0.1, 0.15) is 13.8 Å². The number of guanidine groups is 1. The van der Waals surface area contributed by atoms with Gasteiger partial charge in [0.1, 0.15) is 0 Å². The van der Waals surface area contributed by atoms with Crippen LogP contribution in [-0.4, -0.2) is 48.9 Å². The highest BCUT2D eigenvalue weighted by Crippen LogP contribution is 2.06. The zero-order chi connectivity index (χ0) is 9.26. The largest absolute Gasteiger partial charge is 0.369 e. The molecule has 2 aliphatic rings. The van der Waals surface area contributed by atoms with Gasteiger partial charge in [-0.2, -0.15) is 0 Å². The van der Waals surface area contributed by atoms with Gasteiger partial charge in [0.25, 0.3) is 0 Å². The maximum absolute atomic E-state index is 5.67. The predicted molar refractivity (Wildman–Crippen MR) is 51.0 cm³/mol. The molecule has 4 nitrogen and oxygen atoms in total. The normalized spacial score (nSPS) is 34.3. The van der Waals surface area contributed by atoms with Gasteiger partial charge in [0.2, 0.25) is 0 Å². The van der Waals surface area contributed by atoms with Crippen molar-refractivity contribution in [2.24, 2.45) is 0 Å². The molecule has 2 aliphatic heterocycles. The summed E-state index contributed by atoms with van der Waals surface area (Å²) in [5, 5.41) is 6.69. The van der Waals surface area contributed by atoms with Gasteiger partial charge >= 0.3 is 5.96 Å². The number of nitrogens with one attached hydrogen (secondary N) is 2. The summed E-state index contributed by atoms with van der Waals surface area (Å²) in [6.45, 7) is 8.29. The Hall–Kier alpha value is -0.770. The Morgan fingerprint density at radius 3 is 2.23 bits per heavy atom. The lowest BCUT2D eigenvalue weighted by molar-refractivity contribution is -0.569. The first kappa shape index (κ1) is 8.81. The van der Waals surface area contributed by atoms with Gasteiger partial charge in [0.05, 0.1) is 38.4 Å². The van der Waals surface area contributed by atoms with E-state index in [9.17, 15) is 0 Å². The molecule has 13 heavy (non-hydrogen) atoms. The van der Waals surface area contributed by atoms with E-state index in [0.29, 0.717) is 12.2 Å². The first-order valence-electron chi connectivity index (χ1n) is 5.01. The lowest BCUT2D eigenvalue weighted by Crippen LogP contribution is -2.47. The molecule has 2 saturated heterocycles. The van der Waals surface area contributed by atoms with Crippen molar-refractivity contribution in [1.82, 2.24) is 10.6 Å². The van der Waals surface area contributed by atoms with Crippen molar-refractivity contribution in [3.05, 3.63) is 0 Å². The monoisotopic (exact) mass is 184 g/mol. The van der Waals surface area contributed by atoms with Crippen molar-refractivity contribution < 1.29 is 9.31 Å². The summed E-state index contributed by atoms with van der Waals surface area (Å²) in [6, 6.07) is 0. The Kier molecular flexibility index (Phi) is 2.40. The summed E-state index contributed by atoms with van der Waals surface area (Å²) in [4.78, 5) is 0. The highest BCUT2D eigenvalue weighted by molar-refractivity contribution is 5.76. The van der Waals surface area contributed by atoms with E-state index in [0.717, 1.165) is 26.2 Å². The molecule has 0 bridgehead atoms. The van der Waals surface area contributed by atoms with Crippen LogP contribution in [0.15, 0.2) is 0 Å². The number of nitrogens with zero attached hydrogens (tertiary/aromatic N) is 1. The average Bonchev–Trinajstić information content (AvgIpc) is 2.53. The predicted octanol–water partition coefficient (Wildman–Crippen LogP) is -0.645. The molecule has 0 unspecified atom stereocenters. The molecule has 0 aromatic heterocycles. The molecule has 0 aliphatic carbocycles. The lowest BCUT2D eigenvalue weighted by Gasteiger charge is -2.27. The highest BCUT2D eigenvalue weighted by atomic mass is 16.5. The molecule has 0 saturated carbocycles. The van der Waals surface area contributed by atoms with E-state index in [1.165, 1.54) is 5.96 Å². The van der Waals surface area contributed by atoms with E-state index in [4.69, 9.17) is 4.74 Å². The Morgan fingerprint density at radius 1 is 1.15 bits per heavy atom. The third-order valence-electron chi connectivity index (χ3n) is 2.45. The lowest BCUT2D eigenvalue weighted by atomic mass is 10.2. The van der Waals surface area contributed by atoms with Gasteiger partial charge in [-0.1, -0.05) is 0 Å². The summed E-state index contributed by atoms with van der Waals surface area (Å²) < 4.78 is 8.00. The molecule has 4 heteroatoms. The van der Waals surface area contributed by atoms with Crippen LogP contribution in [-0.2, 0) is 4.74 Å². The summed E-state index contributed by atoms with van der Waals surface area (Å²) in [7, 11) is 0. The summed E-state index contributed by atoms with van der Waals surface area (Å²) in [6.07, 6.45) is 0.667. The number of morpholine rings is 1. The van der Waals surface area contributed by atoms with Gasteiger partial charge in [0.15, 0.2) is 0 Å². The first-order chi connectivity index (χ1) is 6.25. The second-order valence-corrected chi connectivity index (χ2v) is 3.86. The van der Waals surface area contributed by atoms with Crippen molar-refractivity contribution in [3.63, 3.8) is 0 Å². The fraction of sp³-hybridized carbons (Fsp3) is 0.889. The number of rotatable bonds is 0. The molecule has 2 fully saturated rings. The van der Waals surface area contributed by atoms with Gasteiger partial charge in [-0.25, -0.2) is 0 Å². The van der Waals surface area contributed by atoms with Crippen LogP contribution < -0.4 is 10.6 Å². The summed E-state index contributed by atoms with van der Waals surface area (Å²) in [5.41, 5.74) is 0. The van der Waals surface area contributed by atoms with E-state index < -0.39 is 0 Å². The van der Waals surface area contributed by atoms with Crippen LogP contribution in [0.25, 0.3) is 0 Å². The Morgan fingerprint density at radius 2 is 1.69 bits per heavy atom. The third kappa shape index (κ3) is 1.94. The van der Waals surface area contributed by atoms with Crippen LogP contribution in [0.4, 0.5) is 0 Å². The van der Waals surface area contributed by atoms with Crippen molar-refractivity contribution in [1.29, 1.82) is 0 Å². The maximum Gasteiger partial charge on any atom is 0.346 e. The molecule has 74 valence electrons. The fourth-order valence-corrected chi connectivity index (χ4v) is 2.01. The number of ether oxygens (including phenoxy) is 1. The summed E-state index contributed by atoms with van der Waals surface area (Å²) in [5.74, 6) is 1.18. The quantitative estimate of drug-likeness (QED) is 0.491. The molecule has 0 aromatic carbocycles. The van der Waals surface area contributed by atoms with Crippen LogP contribution in [0.3, 0.4) is 0 Å². The Labute approximate surface area is 79.0 Å². The molecule has 2 rings (SSSR count). The van der Waals surface area contributed by atoms with Crippen LogP contribution >= 0.6 is 0 Å². The van der Waals surface area contributed by atoms with Gasteiger partial charge in [-0.3, -0.25) is 15.2 Å². The van der Waals surface area contributed by atoms with Crippen molar-refractivity contribution in [2.75, 3.05) is 26.2 Å². The Bertz CT molecular complexity index is 207. The van der Waals surface area contributed by atoms with Gasteiger partial charge in [0, 0.05) is 0 Å². The van der Waals surface area contributed by atoms with Crippen LogP contribution in [0, 0.1) is 0 Å². The molecular weight excluding hydrogens is 166 g/mol. The molecule has 2 heterocycles. The van der Waals surface area contributed by atoms with E-state index >= 15 is 0 Å². The standard InChI is InChI=1S/C9H17N3O/c1-7-5-12(6-8(2)13-7)9-10-3-4-11-9/h7-8H,3-6H2,1-2H3,(H,10,11)/p+1/t7-,8-/m1/s1. The number of hydrogen-bond donors (Lipinski definition) is 2. The van der Waals surface area contributed by atoms with Crippen molar-refractivity contribution in [3.8, 4) is 0 Å². The molecule has 2 atom stereocenters. The minimum absolute atomic E-state index is 0.334. The second kappa shape index (κ2) is 3.54. The SMILES string of the molecule is C[C@@H]1C[N+](=C2NCCN2)C[C@@H](C)O1. The maximum atomic E-state index is 5.67. The topological polar surface area (TPSA) is 36.3 Å². The van der Waals surface area contributed by atoms with Gasteiger partial charge < -0.3 is 4.74 Å². The average molecular weight is 184 g/mol. The number of hydrogen-bond acceptors (Lipinski definition) is 1. The third-order valence-corrected chi connectivity index (χ3v) is 2.45. The molecular formula is C9H18N3O+. The minimum atomic E-state index is 0.334. The molecule has 0 amide bonds. The molecule has 2 N–H and O–H groups in total. The fourth-order valence-electron chi connectivity index (χ4n) is 2.01. The van der Waals surface area contributed by atoms with Crippen molar-refractivity contribution in [2.45, 2.75) is 26.1 Å². The van der Waals surface area contributed by atoms with Gasteiger partial charge in [-0.05, 0) is 13.8 Å². The van der Waals surface area contributed by atoms with Crippen LogP contribution in [0.5, 0.6) is 0 Å². The zero-order valence-corrected chi connectivity index (χ0v) is 8.34. The molecule has 0 radical (unpaired) electrons. The second-order valence-electron chi connectivity index (χ2n) is 3.86. The molecule has 0 aromatic rings. The summed E-state index contributed by atoms with van der Waals surface area (Å²) >= 11 is 0. The van der Waals surface area contributed by atoms with E-state index in [2.05, 4.69) is 29.1 Å². The zero-order valence-electron chi connectivity index (χ0n) is 8.34. The van der Waals surface area contributed by atoms with E-state index in [1.54, 1.807) is 0 Å². The first-order valence-corrected chi connectivity index (χ1v) is 5.01. The van der Waals surface area contributed by atoms with Crippen molar-refractivity contribution >= 4 is 5.96 Å². The van der Waals surface area contributed by atoms with E-state index in [1.807, 2.05) is 0 Å². The Balaban J connectivity index is 2.09. The minimum Gasteiger partial charge on any atom is -0.369 e. The van der Waals surface area contributed by atoms with Gasteiger partial charge in [-0.15, -0.1) is 0 Å². The van der Waals surface area contributed by atoms with E-state index in [-0.39, 0.29) is 0 Å². The van der Waals surface area contributed by atoms with Crippen LogP contribution in [0.2, 0.25) is 0 Å². The molecule has 0 spiro atoms. The highest BCUT2D eigenvalue weighted by Gasteiger charge is 2.26. The smallest absolute Gasteiger partial charge is 0.346 e.